The minimum atomic E-state index is -0.235. The van der Waals surface area contributed by atoms with E-state index in [-0.39, 0.29) is 11.5 Å². The van der Waals surface area contributed by atoms with Gasteiger partial charge in [0, 0.05) is 23.9 Å². The third-order valence-corrected chi connectivity index (χ3v) is 10.0. The second-order valence-corrected chi connectivity index (χ2v) is 10.6. The Morgan fingerprint density at radius 2 is 2.00 bits per heavy atom. The van der Waals surface area contributed by atoms with Gasteiger partial charge in [0.25, 0.3) is 0 Å². The summed E-state index contributed by atoms with van der Waals surface area (Å²) in [6, 6.07) is 0. The van der Waals surface area contributed by atoms with Crippen LogP contribution in [0.3, 0.4) is 0 Å². The van der Waals surface area contributed by atoms with E-state index in [4.69, 9.17) is 4.74 Å². The molecule has 6 rings (SSSR count). The Hall–Kier alpha value is -0.380. The first kappa shape index (κ1) is 15.7. The van der Waals surface area contributed by atoms with Gasteiger partial charge in [0.05, 0.1) is 12.7 Å². The van der Waals surface area contributed by atoms with Crippen molar-refractivity contribution >= 4 is 0 Å². The molecule has 25 heavy (non-hydrogen) atoms. The van der Waals surface area contributed by atoms with Gasteiger partial charge in [0.2, 0.25) is 0 Å². The Kier molecular flexibility index (Phi) is 2.95. The highest BCUT2D eigenvalue weighted by molar-refractivity contribution is 5.28. The van der Waals surface area contributed by atoms with Gasteiger partial charge in [-0.2, -0.15) is 0 Å². The number of aliphatic hydroxyl groups is 1. The lowest BCUT2D eigenvalue weighted by atomic mass is 9.38. The molecular formula is C22H33NO2. The number of hydrogen-bond acceptors (Lipinski definition) is 3. The molecule has 0 aromatic heterocycles. The summed E-state index contributed by atoms with van der Waals surface area (Å²) in [7, 11) is 0. The summed E-state index contributed by atoms with van der Waals surface area (Å²) in [5.41, 5.74) is 2.08. The number of hydrogen-bond donors (Lipinski definition) is 1. The topological polar surface area (TPSA) is 32.7 Å². The van der Waals surface area contributed by atoms with Crippen molar-refractivity contribution in [2.45, 2.75) is 70.6 Å². The van der Waals surface area contributed by atoms with E-state index in [0.29, 0.717) is 28.9 Å². The van der Waals surface area contributed by atoms with Crippen LogP contribution in [0.1, 0.15) is 58.3 Å². The molecule has 0 radical (unpaired) electrons. The molecular weight excluding hydrogens is 310 g/mol. The van der Waals surface area contributed by atoms with Crippen molar-refractivity contribution < 1.29 is 9.84 Å². The molecule has 3 nitrogen and oxygen atoms in total. The minimum Gasteiger partial charge on any atom is -0.388 e. The van der Waals surface area contributed by atoms with E-state index < -0.39 is 0 Å². The molecule has 2 aliphatic heterocycles. The fourth-order valence-electron chi connectivity index (χ4n) is 9.34. The number of nitrogens with zero attached hydrogens (tertiary/aromatic N) is 1. The summed E-state index contributed by atoms with van der Waals surface area (Å²) in [5, 5.41) is 11.3. The fourth-order valence-corrected chi connectivity index (χ4v) is 9.34. The third-order valence-electron chi connectivity index (χ3n) is 10.0. The van der Waals surface area contributed by atoms with Crippen molar-refractivity contribution in [2.75, 3.05) is 19.7 Å². The molecule has 2 saturated heterocycles. The summed E-state index contributed by atoms with van der Waals surface area (Å²) >= 11 is 0. The largest absolute Gasteiger partial charge is 0.388 e. The average molecular weight is 344 g/mol. The van der Waals surface area contributed by atoms with Gasteiger partial charge in [-0.25, -0.2) is 0 Å². The zero-order chi connectivity index (χ0) is 17.0. The van der Waals surface area contributed by atoms with Gasteiger partial charge in [-0.15, -0.1) is 0 Å². The van der Waals surface area contributed by atoms with Crippen LogP contribution in [0.5, 0.6) is 0 Å². The van der Waals surface area contributed by atoms with E-state index in [1.807, 2.05) is 0 Å². The predicted octanol–water partition coefficient (Wildman–Crippen LogP) is 3.58. The molecule has 2 unspecified atom stereocenters. The Balaban J connectivity index is 1.49. The van der Waals surface area contributed by atoms with Crippen molar-refractivity contribution in [3.63, 3.8) is 0 Å². The number of rotatable bonds is 0. The van der Waals surface area contributed by atoms with Crippen molar-refractivity contribution in [1.29, 1.82) is 0 Å². The summed E-state index contributed by atoms with van der Waals surface area (Å²) in [6.07, 6.45) is 10.5. The molecule has 2 heterocycles. The van der Waals surface area contributed by atoms with Gasteiger partial charge in [-0.3, -0.25) is 4.90 Å². The van der Waals surface area contributed by atoms with Gasteiger partial charge in [-0.1, -0.05) is 19.9 Å². The van der Waals surface area contributed by atoms with Crippen LogP contribution < -0.4 is 0 Å². The number of aliphatic hydroxyl groups excluding tert-OH is 1. The van der Waals surface area contributed by atoms with E-state index in [1.54, 1.807) is 0 Å². The van der Waals surface area contributed by atoms with Crippen molar-refractivity contribution in [2.24, 2.45) is 34.0 Å². The van der Waals surface area contributed by atoms with Crippen LogP contribution in [-0.2, 0) is 4.74 Å². The molecule has 6 fully saturated rings. The van der Waals surface area contributed by atoms with Crippen LogP contribution >= 0.6 is 0 Å². The highest BCUT2D eigenvalue weighted by Gasteiger charge is 2.71. The van der Waals surface area contributed by atoms with Gasteiger partial charge in [-0.05, 0) is 73.7 Å². The van der Waals surface area contributed by atoms with E-state index in [9.17, 15) is 5.11 Å². The molecule has 4 aliphatic carbocycles. The van der Waals surface area contributed by atoms with E-state index in [2.05, 4.69) is 18.4 Å². The molecule has 138 valence electrons. The smallest absolute Gasteiger partial charge is 0.116 e. The number of piperidine rings is 1. The standard InChI is InChI=1S/C22H33NO2/c1-14-15-4-5-17-21(12-15,18(14)24)9-6-16-20(2)7-3-8-22(16,17)13-23-10-11-25-19(20)23/h15-19,24H,1,3-13H2,2H3/t15-,16-,17-,18-,19-,20+,21?,22?/m1/s1. The maximum atomic E-state index is 11.3. The van der Waals surface area contributed by atoms with Gasteiger partial charge in [0.15, 0.2) is 0 Å². The number of ether oxygens (including phenoxy) is 1. The van der Waals surface area contributed by atoms with Crippen LogP contribution in [-0.4, -0.2) is 42.0 Å². The van der Waals surface area contributed by atoms with Crippen LogP contribution in [0, 0.1) is 34.0 Å². The van der Waals surface area contributed by atoms with Gasteiger partial charge < -0.3 is 9.84 Å². The van der Waals surface area contributed by atoms with Crippen molar-refractivity contribution in [3.8, 4) is 0 Å². The Labute approximate surface area is 151 Å². The molecule has 1 N–H and O–H groups in total. The summed E-state index contributed by atoms with van der Waals surface area (Å²) < 4.78 is 6.29. The van der Waals surface area contributed by atoms with Crippen molar-refractivity contribution in [1.82, 2.24) is 4.90 Å². The normalized spacial score (nSPS) is 60.1. The summed E-state index contributed by atoms with van der Waals surface area (Å²) in [6.45, 7) is 10.1. The zero-order valence-electron chi connectivity index (χ0n) is 15.7. The Bertz CT molecular complexity index is 634. The molecule has 0 aromatic rings. The molecule has 1 spiro atoms. The van der Waals surface area contributed by atoms with Crippen LogP contribution in [0.15, 0.2) is 12.2 Å². The van der Waals surface area contributed by atoms with Crippen LogP contribution in [0.25, 0.3) is 0 Å². The second kappa shape index (κ2) is 4.72. The summed E-state index contributed by atoms with van der Waals surface area (Å²) in [5.74, 6) is 2.09. The highest BCUT2D eigenvalue weighted by atomic mass is 16.5. The van der Waals surface area contributed by atoms with E-state index in [1.165, 1.54) is 63.5 Å². The highest BCUT2D eigenvalue weighted by Crippen LogP contribution is 2.74. The predicted molar refractivity (Wildman–Crippen MR) is 96.8 cm³/mol. The van der Waals surface area contributed by atoms with Crippen LogP contribution in [0.4, 0.5) is 0 Å². The lowest BCUT2D eigenvalue weighted by molar-refractivity contribution is -0.259. The molecule has 0 aromatic carbocycles. The van der Waals surface area contributed by atoms with Crippen LogP contribution in [0.2, 0.25) is 0 Å². The first-order chi connectivity index (χ1) is 12.0. The first-order valence-corrected chi connectivity index (χ1v) is 10.7. The third kappa shape index (κ3) is 1.62. The SMILES string of the molecule is C=C1[C@@H]2CC[C@@H]3C(CC[C@H]4C35CCC[C@]4(C)[C@H]3OCCN3C5)(C2)[C@@H]1O. The molecule has 4 bridgehead atoms. The van der Waals surface area contributed by atoms with Crippen molar-refractivity contribution in [3.05, 3.63) is 12.2 Å². The van der Waals surface area contributed by atoms with Gasteiger partial charge in [0.1, 0.15) is 6.23 Å². The molecule has 4 saturated carbocycles. The Morgan fingerprint density at radius 3 is 2.88 bits per heavy atom. The molecule has 0 amide bonds. The number of fused-ring (bicyclic) bond motifs is 3. The average Bonchev–Trinajstić information content (AvgIpc) is 3.13. The fraction of sp³-hybridized carbons (Fsp3) is 0.909. The first-order valence-electron chi connectivity index (χ1n) is 10.7. The maximum Gasteiger partial charge on any atom is 0.116 e. The quantitative estimate of drug-likeness (QED) is 0.683. The van der Waals surface area contributed by atoms with E-state index >= 15 is 0 Å². The maximum absolute atomic E-state index is 11.3. The Morgan fingerprint density at radius 1 is 1.12 bits per heavy atom. The monoisotopic (exact) mass is 343 g/mol. The molecule has 6 aliphatic rings. The lowest BCUT2D eigenvalue weighted by Crippen LogP contribution is -2.70. The minimum absolute atomic E-state index is 0.155. The summed E-state index contributed by atoms with van der Waals surface area (Å²) in [4.78, 5) is 2.69. The molecule has 3 heteroatoms. The molecule has 8 atom stereocenters. The van der Waals surface area contributed by atoms with E-state index in [0.717, 1.165) is 19.1 Å². The zero-order valence-corrected chi connectivity index (χ0v) is 15.7. The second-order valence-electron chi connectivity index (χ2n) is 10.6. The van der Waals surface area contributed by atoms with Gasteiger partial charge >= 0.3 is 0 Å². The lowest BCUT2D eigenvalue weighted by Gasteiger charge is -2.70.